The molecular formula is C38H32O10. The molecule has 10 nitrogen and oxygen atoms in total. The highest BCUT2D eigenvalue weighted by atomic mass is 16.7. The Morgan fingerprint density at radius 3 is 1.69 bits per heavy atom. The minimum absolute atomic E-state index is 0.210. The molecule has 0 N–H and O–H groups in total. The van der Waals surface area contributed by atoms with E-state index in [0.29, 0.717) is 77.3 Å². The van der Waals surface area contributed by atoms with Gasteiger partial charge in [0.1, 0.15) is 11.5 Å². The fraction of sp³-hybridized carbons (Fsp3) is 0.237. The second-order valence-electron chi connectivity index (χ2n) is 11.6. The molecule has 244 valence electrons. The topological polar surface area (TPSA) is 108 Å². The summed E-state index contributed by atoms with van der Waals surface area (Å²) in [6.07, 6.45) is 2.14. The molecule has 8 rings (SSSR count). The Hall–Kier alpha value is -5.77. The SMILES string of the molecule is COc1cc(CCCOC(=O)CCc2cc(OC)c3oc(-c4ccc5c(c4)OCO5)cc3c2)cc2cc(-c3ccc4c(c3)OCO4)oc12. The minimum atomic E-state index is -0.251. The van der Waals surface area contributed by atoms with E-state index >= 15 is 0 Å². The lowest BCUT2D eigenvalue weighted by Gasteiger charge is -2.08. The number of carbonyl (C=O) groups is 1. The number of hydrogen-bond acceptors (Lipinski definition) is 10. The highest BCUT2D eigenvalue weighted by molar-refractivity contribution is 5.89. The molecule has 0 spiro atoms. The van der Waals surface area contributed by atoms with Gasteiger partial charge in [-0.15, -0.1) is 0 Å². The summed E-state index contributed by atoms with van der Waals surface area (Å²) in [5.41, 5.74) is 5.10. The van der Waals surface area contributed by atoms with E-state index in [2.05, 4.69) is 6.07 Å². The average molecular weight is 649 g/mol. The van der Waals surface area contributed by atoms with Crippen LogP contribution in [0, 0.1) is 0 Å². The van der Waals surface area contributed by atoms with Crippen LogP contribution in [0.4, 0.5) is 0 Å². The molecule has 2 aliphatic heterocycles. The molecule has 4 heterocycles. The van der Waals surface area contributed by atoms with E-state index in [1.165, 1.54) is 0 Å². The second kappa shape index (κ2) is 12.4. The van der Waals surface area contributed by atoms with Crippen LogP contribution < -0.4 is 28.4 Å². The van der Waals surface area contributed by atoms with Crippen LogP contribution in [0.1, 0.15) is 24.0 Å². The molecule has 6 aromatic rings. The van der Waals surface area contributed by atoms with Crippen LogP contribution in [-0.2, 0) is 22.4 Å². The van der Waals surface area contributed by atoms with Crippen LogP contribution in [0.25, 0.3) is 44.6 Å². The van der Waals surface area contributed by atoms with Crippen molar-refractivity contribution >= 4 is 27.9 Å². The summed E-state index contributed by atoms with van der Waals surface area (Å²) >= 11 is 0. The number of ether oxygens (including phenoxy) is 7. The number of furan rings is 2. The van der Waals surface area contributed by atoms with Crippen LogP contribution in [0.5, 0.6) is 34.5 Å². The van der Waals surface area contributed by atoms with E-state index in [-0.39, 0.29) is 26.0 Å². The third-order valence-corrected chi connectivity index (χ3v) is 8.53. The molecule has 0 atom stereocenters. The summed E-state index contributed by atoms with van der Waals surface area (Å²) < 4.78 is 51.1. The van der Waals surface area contributed by atoms with Crippen LogP contribution in [0.15, 0.2) is 81.6 Å². The lowest BCUT2D eigenvalue weighted by molar-refractivity contribution is -0.143. The largest absolute Gasteiger partial charge is 0.493 e. The molecule has 0 bridgehead atoms. The summed E-state index contributed by atoms with van der Waals surface area (Å²) in [6, 6.07) is 23.3. The predicted molar refractivity (Wildman–Crippen MR) is 176 cm³/mol. The first-order chi connectivity index (χ1) is 23.5. The van der Waals surface area contributed by atoms with Gasteiger partial charge in [-0.3, -0.25) is 4.79 Å². The van der Waals surface area contributed by atoms with Gasteiger partial charge in [-0.25, -0.2) is 0 Å². The molecule has 2 aliphatic rings. The zero-order chi connectivity index (χ0) is 32.6. The summed E-state index contributed by atoms with van der Waals surface area (Å²) in [5, 5.41) is 1.82. The van der Waals surface area contributed by atoms with Crippen LogP contribution >= 0.6 is 0 Å². The zero-order valence-corrected chi connectivity index (χ0v) is 26.5. The van der Waals surface area contributed by atoms with E-state index in [4.69, 9.17) is 42.0 Å². The number of carbonyl (C=O) groups excluding carboxylic acids is 1. The first kappa shape index (κ1) is 29.6. The Morgan fingerprint density at radius 1 is 0.625 bits per heavy atom. The van der Waals surface area contributed by atoms with E-state index in [1.54, 1.807) is 14.2 Å². The number of methoxy groups -OCH3 is 2. The maximum atomic E-state index is 12.7. The number of esters is 1. The third kappa shape index (κ3) is 5.70. The van der Waals surface area contributed by atoms with E-state index < -0.39 is 0 Å². The van der Waals surface area contributed by atoms with E-state index in [9.17, 15) is 4.79 Å². The van der Waals surface area contributed by atoms with Gasteiger partial charge in [0.25, 0.3) is 0 Å². The van der Waals surface area contributed by atoms with Crippen LogP contribution in [0.2, 0.25) is 0 Å². The molecule has 0 radical (unpaired) electrons. The molecule has 0 amide bonds. The predicted octanol–water partition coefficient (Wildman–Crippen LogP) is 8.10. The Morgan fingerprint density at radius 2 is 1.15 bits per heavy atom. The van der Waals surface area contributed by atoms with Crippen molar-refractivity contribution in [2.24, 2.45) is 0 Å². The van der Waals surface area contributed by atoms with E-state index in [1.807, 2.05) is 66.7 Å². The van der Waals surface area contributed by atoms with Gasteiger partial charge in [-0.2, -0.15) is 0 Å². The normalized spacial score (nSPS) is 13.0. The first-order valence-corrected chi connectivity index (χ1v) is 15.7. The number of rotatable bonds is 11. The lowest BCUT2D eigenvalue weighted by Crippen LogP contribution is -2.08. The average Bonchev–Trinajstić information content (AvgIpc) is 3.93. The highest BCUT2D eigenvalue weighted by Gasteiger charge is 2.19. The monoisotopic (exact) mass is 648 g/mol. The molecule has 0 aliphatic carbocycles. The molecule has 0 fully saturated rings. The number of aryl methyl sites for hydroxylation is 2. The third-order valence-electron chi connectivity index (χ3n) is 8.53. The molecule has 0 unspecified atom stereocenters. The van der Waals surface area contributed by atoms with E-state index in [0.717, 1.165) is 38.8 Å². The number of benzene rings is 4. The first-order valence-electron chi connectivity index (χ1n) is 15.7. The van der Waals surface area contributed by atoms with Gasteiger partial charge in [0.15, 0.2) is 45.7 Å². The number of hydrogen-bond donors (Lipinski definition) is 0. The van der Waals surface area contributed by atoms with Crippen molar-refractivity contribution in [3.05, 3.63) is 83.9 Å². The fourth-order valence-electron chi connectivity index (χ4n) is 6.12. The van der Waals surface area contributed by atoms with Crippen molar-refractivity contribution in [2.45, 2.75) is 25.7 Å². The Balaban J connectivity index is 0.875. The standard InChI is InChI=1S/C38H32O10/c1-40-34-14-22(12-26-18-30(47-37(26)34)24-6-8-28-32(16-24)45-20-43-28)4-3-11-42-36(39)10-5-23-13-27-19-31(48-38(27)35(15-23)41-2)25-7-9-29-33(17-25)46-21-44-29/h6-9,12-19H,3-5,10-11,20-21H2,1-2H3. The minimum Gasteiger partial charge on any atom is -0.493 e. The Kier molecular flexibility index (Phi) is 7.68. The summed E-state index contributed by atoms with van der Waals surface area (Å²) in [7, 11) is 3.23. The van der Waals surface area contributed by atoms with Gasteiger partial charge in [0.2, 0.25) is 13.6 Å². The molecule has 0 saturated heterocycles. The summed E-state index contributed by atoms with van der Waals surface area (Å²) in [5.74, 6) is 5.22. The number of fused-ring (bicyclic) bond motifs is 4. The molecular weight excluding hydrogens is 616 g/mol. The van der Waals surface area contributed by atoms with Gasteiger partial charge in [0.05, 0.1) is 20.8 Å². The van der Waals surface area contributed by atoms with Crippen molar-refractivity contribution in [3.8, 4) is 57.1 Å². The molecule has 0 saturated carbocycles. The van der Waals surface area contributed by atoms with Crippen molar-refractivity contribution in [1.29, 1.82) is 0 Å². The van der Waals surface area contributed by atoms with Gasteiger partial charge in [-0.05, 0) is 103 Å². The van der Waals surface area contributed by atoms with Gasteiger partial charge >= 0.3 is 5.97 Å². The molecule has 4 aromatic carbocycles. The van der Waals surface area contributed by atoms with Gasteiger partial charge in [0, 0.05) is 28.3 Å². The van der Waals surface area contributed by atoms with Crippen molar-refractivity contribution < 1.29 is 46.8 Å². The summed E-state index contributed by atoms with van der Waals surface area (Å²) in [4.78, 5) is 12.7. The van der Waals surface area contributed by atoms with Crippen molar-refractivity contribution in [1.82, 2.24) is 0 Å². The Bertz CT molecular complexity index is 2160. The Labute approximate surface area is 275 Å². The van der Waals surface area contributed by atoms with Crippen molar-refractivity contribution in [3.63, 3.8) is 0 Å². The fourth-order valence-corrected chi connectivity index (χ4v) is 6.12. The maximum absolute atomic E-state index is 12.7. The molecule has 10 heteroatoms. The molecule has 48 heavy (non-hydrogen) atoms. The quantitative estimate of drug-likeness (QED) is 0.101. The smallest absolute Gasteiger partial charge is 0.306 e. The maximum Gasteiger partial charge on any atom is 0.306 e. The van der Waals surface area contributed by atoms with Crippen LogP contribution in [-0.4, -0.2) is 40.4 Å². The molecule has 2 aromatic heterocycles. The lowest BCUT2D eigenvalue weighted by atomic mass is 10.1. The van der Waals surface area contributed by atoms with Crippen molar-refractivity contribution in [2.75, 3.05) is 34.4 Å². The summed E-state index contributed by atoms with van der Waals surface area (Å²) in [6.45, 7) is 0.742. The van der Waals surface area contributed by atoms with Gasteiger partial charge < -0.3 is 42.0 Å². The van der Waals surface area contributed by atoms with Gasteiger partial charge in [-0.1, -0.05) is 0 Å². The van der Waals surface area contributed by atoms with Crippen LogP contribution in [0.3, 0.4) is 0 Å². The zero-order valence-electron chi connectivity index (χ0n) is 26.5. The highest BCUT2D eigenvalue weighted by Crippen LogP contribution is 2.41. The second-order valence-corrected chi connectivity index (χ2v) is 11.6.